The number of aromatic amines is 1. The maximum Gasteiger partial charge on any atom is 0.410 e. The van der Waals surface area contributed by atoms with Gasteiger partial charge in [0.15, 0.2) is 0 Å². The van der Waals surface area contributed by atoms with Gasteiger partial charge in [-0.1, -0.05) is 12.1 Å². The fourth-order valence-electron chi connectivity index (χ4n) is 4.58. The molecule has 1 aliphatic rings. The van der Waals surface area contributed by atoms with Gasteiger partial charge in [-0.05, 0) is 68.3 Å². The highest BCUT2D eigenvalue weighted by Gasteiger charge is 2.35. The maximum atomic E-state index is 14.2. The average Bonchev–Trinajstić information content (AvgIpc) is 2.88. The van der Waals surface area contributed by atoms with Crippen LogP contribution in [0.2, 0.25) is 0 Å². The Bertz CT molecular complexity index is 1710. The lowest BCUT2D eigenvalue weighted by Crippen LogP contribution is -2.57. The SMILES string of the molecule is CS(=O)c1ccc(-c2cc(-c3nc4cc(F)cc(CO)c4c(=O)[nH]3)ccc2OC2CN(C(=O)OC(C)(C)C)C2)cc1. The number of hydrogen-bond acceptors (Lipinski definition) is 7. The van der Waals surface area contributed by atoms with E-state index in [1.54, 1.807) is 41.5 Å². The molecule has 1 amide bonds. The number of aromatic nitrogens is 2. The molecule has 3 aromatic carbocycles. The number of likely N-dealkylation sites (tertiary alicyclic amines) is 1. The van der Waals surface area contributed by atoms with E-state index >= 15 is 0 Å². The van der Waals surface area contributed by atoms with Crippen LogP contribution >= 0.6 is 0 Å². The number of carbonyl (C=O) groups excluding carboxylic acids is 1. The molecule has 41 heavy (non-hydrogen) atoms. The number of aliphatic hydroxyl groups is 1. The summed E-state index contributed by atoms with van der Waals surface area (Å²) in [4.78, 5) is 34.7. The summed E-state index contributed by atoms with van der Waals surface area (Å²) < 4.78 is 37.8. The quantitative estimate of drug-likeness (QED) is 0.342. The van der Waals surface area contributed by atoms with Gasteiger partial charge in [0.2, 0.25) is 0 Å². The molecule has 1 aliphatic heterocycles. The number of ether oxygens (including phenoxy) is 2. The van der Waals surface area contributed by atoms with Crippen molar-refractivity contribution >= 4 is 27.8 Å². The first-order valence-corrected chi connectivity index (χ1v) is 14.5. The number of nitrogens with zero attached hydrogens (tertiary/aromatic N) is 2. The van der Waals surface area contributed by atoms with Gasteiger partial charge < -0.3 is 24.5 Å². The molecule has 1 saturated heterocycles. The van der Waals surface area contributed by atoms with Gasteiger partial charge in [0.25, 0.3) is 5.56 Å². The second kappa shape index (κ2) is 11.1. The van der Waals surface area contributed by atoms with Crippen molar-refractivity contribution in [3.8, 4) is 28.3 Å². The average molecular weight is 580 g/mol. The van der Waals surface area contributed by atoms with Crippen LogP contribution in [0.4, 0.5) is 9.18 Å². The van der Waals surface area contributed by atoms with Crippen LogP contribution in [-0.4, -0.2) is 61.3 Å². The van der Waals surface area contributed by atoms with Crippen molar-refractivity contribution in [3.05, 3.63) is 76.3 Å². The van der Waals surface area contributed by atoms with E-state index in [1.807, 2.05) is 32.9 Å². The van der Waals surface area contributed by atoms with Crippen LogP contribution in [0.25, 0.3) is 33.4 Å². The van der Waals surface area contributed by atoms with Crippen molar-refractivity contribution in [2.45, 2.75) is 44.0 Å². The van der Waals surface area contributed by atoms with Crippen LogP contribution in [0, 0.1) is 5.82 Å². The molecule has 11 heteroatoms. The first-order chi connectivity index (χ1) is 19.4. The fourth-order valence-corrected chi connectivity index (χ4v) is 5.10. The fraction of sp³-hybridized carbons (Fsp3) is 0.300. The zero-order chi connectivity index (χ0) is 29.5. The van der Waals surface area contributed by atoms with Crippen LogP contribution in [0.15, 0.2) is 64.3 Å². The molecule has 0 radical (unpaired) electrons. The van der Waals surface area contributed by atoms with Crippen LogP contribution in [-0.2, 0) is 22.1 Å². The number of rotatable bonds is 6. The number of nitrogens with one attached hydrogen (secondary N) is 1. The van der Waals surface area contributed by atoms with E-state index in [2.05, 4.69) is 9.97 Å². The zero-order valence-corrected chi connectivity index (χ0v) is 23.9. The summed E-state index contributed by atoms with van der Waals surface area (Å²) in [6, 6.07) is 14.7. The van der Waals surface area contributed by atoms with Crippen molar-refractivity contribution in [1.29, 1.82) is 0 Å². The normalized spacial score (nSPS) is 14.5. The van der Waals surface area contributed by atoms with Gasteiger partial charge >= 0.3 is 6.09 Å². The number of amides is 1. The molecule has 214 valence electrons. The molecule has 0 bridgehead atoms. The Kier molecular flexibility index (Phi) is 7.67. The third-order valence-corrected chi connectivity index (χ3v) is 7.51. The van der Waals surface area contributed by atoms with E-state index in [4.69, 9.17) is 9.47 Å². The van der Waals surface area contributed by atoms with Crippen molar-refractivity contribution in [2.24, 2.45) is 0 Å². The molecular weight excluding hydrogens is 549 g/mol. The summed E-state index contributed by atoms with van der Waals surface area (Å²) >= 11 is 0. The van der Waals surface area contributed by atoms with Gasteiger partial charge in [-0.15, -0.1) is 0 Å². The minimum atomic E-state index is -1.15. The molecule has 0 spiro atoms. The topological polar surface area (TPSA) is 122 Å². The number of benzene rings is 3. The van der Waals surface area contributed by atoms with Crippen LogP contribution < -0.4 is 10.3 Å². The van der Waals surface area contributed by atoms with Crippen molar-refractivity contribution in [1.82, 2.24) is 14.9 Å². The minimum Gasteiger partial charge on any atom is -0.486 e. The van der Waals surface area contributed by atoms with Gasteiger partial charge in [0, 0.05) is 39.1 Å². The van der Waals surface area contributed by atoms with Gasteiger partial charge in [-0.25, -0.2) is 14.2 Å². The molecule has 9 nitrogen and oxygen atoms in total. The molecule has 1 fully saturated rings. The Morgan fingerprint density at radius 3 is 2.44 bits per heavy atom. The Morgan fingerprint density at radius 2 is 1.80 bits per heavy atom. The summed E-state index contributed by atoms with van der Waals surface area (Å²) in [6.07, 6.45) is 0.945. The predicted octanol–water partition coefficient (Wildman–Crippen LogP) is 4.62. The van der Waals surface area contributed by atoms with Crippen molar-refractivity contribution in [2.75, 3.05) is 19.3 Å². The van der Waals surface area contributed by atoms with Gasteiger partial charge in [-0.2, -0.15) is 0 Å². The molecule has 5 rings (SSSR count). The van der Waals surface area contributed by atoms with Crippen LogP contribution in [0.1, 0.15) is 26.3 Å². The largest absolute Gasteiger partial charge is 0.486 e. The van der Waals surface area contributed by atoms with Gasteiger partial charge in [0.05, 0.1) is 30.6 Å². The molecule has 0 aliphatic carbocycles. The summed E-state index contributed by atoms with van der Waals surface area (Å²) in [5.41, 5.74) is 1.19. The molecule has 1 aromatic heterocycles. The summed E-state index contributed by atoms with van der Waals surface area (Å²) in [5, 5.41) is 9.73. The third-order valence-electron chi connectivity index (χ3n) is 6.57. The smallest absolute Gasteiger partial charge is 0.410 e. The van der Waals surface area contributed by atoms with Gasteiger partial charge in [0.1, 0.15) is 29.1 Å². The van der Waals surface area contributed by atoms with E-state index < -0.39 is 40.5 Å². The van der Waals surface area contributed by atoms with Crippen molar-refractivity contribution in [3.63, 3.8) is 0 Å². The highest BCUT2D eigenvalue weighted by Crippen LogP contribution is 2.36. The lowest BCUT2D eigenvalue weighted by atomic mass is 10.0. The Hall–Kier alpha value is -4.09. The summed E-state index contributed by atoms with van der Waals surface area (Å²) in [5.74, 6) is 0.157. The number of carbonyl (C=O) groups is 1. The predicted molar refractivity (Wildman–Crippen MR) is 154 cm³/mol. The lowest BCUT2D eigenvalue weighted by Gasteiger charge is -2.39. The number of aliphatic hydroxyl groups excluding tert-OH is 1. The highest BCUT2D eigenvalue weighted by molar-refractivity contribution is 7.84. The molecule has 0 saturated carbocycles. The highest BCUT2D eigenvalue weighted by atomic mass is 32.2. The Labute approximate surface area is 238 Å². The molecule has 2 N–H and O–H groups in total. The molecular formula is C30H30FN3O6S. The number of fused-ring (bicyclic) bond motifs is 1. The maximum absolute atomic E-state index is 14.2. The molecule has 1 atom stereocenters. The van der Waals surface area contributed by atoms with E-state index in [1.165, 1.54) is 0 Å². The molecule has 2 heterocycles. The second-order valence-corrected chi connectivity index (χ2v) is 12.2. The third kappa shape index (κ3) is 6.15. The van der Waals surface area contributed by atoms with E-state index in [9.17, 15) is 23.3 Å². The standard InChI is InChI=1S/C30H30FN3O6S/c1-30(2,3)40-29(37)34-14-21(15-34)39-25-10-7-18(12-23(25)17-5-8-22(9-6-17)41(4)38)27-32-24-13-20(31)11-19(16-35)26(24)28(36)33-27/h5-13,21,35H,14-16H2,1-4H3,(H,32,33,36). The van der Waals surface area contributed by atoms with E-state index in [0.717, 1.165) is 17.7 Å². The first kappa shape index (κ1) is 28.4. The Morgan fingerprint density at radius 1 is 1.12 bits per heavy atom. The number of H-pyrrole nitrogens is 1. The zero-order valence-electron chi connectivity index (χ0n) is 23.1. The molecule has 1 unspecified atom stereocenters. The number of hydrogen-bond donors (Lipinski definition) is 2. The summed E-state index contributed by atoms with van der Waals surface area (Å²) in [7, 11) is -1.15. The summed E-state index contributed by atoms with van der Waals surface area (Å²) in [6.45, 7) is 5.66. The first-order valence-electron chi connectivity index (χ1n) is 13.0. The number of halogens is 1. The monoisotopic (exact) mass is 579 g/mol. The van der Waals surface area contributed by atoms with Crippen LogP contribution in [0.5, 0.6) is 5.75 Å². The minimum absolute atomic E-state index is 0.125. The van der Waals surface area contributed by atoms with Crippen molar-refractivity contribution < 1.29 is 28.0 Å². The second-order valence-electron chi connectivity index (χ2n) is 10.8. The van der Waals surface area contributed by atoms with Gasteiger partial charge in [-0.3, -0.25) is 9.00 Å². The van der Waals surface area contributed by atoms with Crippen LogP contribution in [0.3, 0.4) is 0 Å². The Balaban J connectivity index is 1.50. The van der Waals surface area contributed by atoms with E-state index in [0.29, 0.717) is 34.9 Å². The molecule has 4 aromatic rings. The van der Waals surface area contributed by atoms with E-state index in [-0.39, 0.29) is 28.4 Å². The lowest BCUT2D eigenvalue weighted by molar-refractivity contribution is -0.0220.